The van der Waals surface area contributed by atoms with E-state index in [-0.39, 0.29) is 11.3 Å². The average Bonchev–Trinajstić information content (AvgIpc) is 2.14. The van der Waals surface area contributed by atoms with Gasteiger partial charge in [0.25, 0.3) is 0 Å². The van der Waals surface area contributed by atoms with Gasteiger partial charge in [-0.25, -0.2) is 8.42 Å². The van der Waals surface area contributed by atoms with E-state index in [1.54, 1.807) is 0 Å². The van der Waals surface area contributed by atoms with Gasteiger partial charge < -0.3 is 5.32 Å². The van der Waals surface area contributed by atoms with Crippen molar-refractivity contribution in [1.29, 1.82) is 0 Å². The molecule has 0 aromatic rings. The molecule has 1 aliphatic heterocycles. The molecule has 0 aliphatic carbocycles. The van der Waals surface area contributed by atoms with Crippen molar-refractivity contribution in [3.63, 3.8) is 0 Å². The van der Waals surface area contributed by atoms with Gasteiger partial charge in [0.05, 0.1) is 11.0 Å². The van der Waals surface area contributed by atoms with Crippen molar-refractivity contribution in [2.24, 2.45) is 0 Å². The first-order chi connectivity index (χ1) is 5.58. The lowest BCUT2D eigenvalue weighted by atomic mass is 10.1. The molecule has 0 spiro atoms. The predicted molar refractivity (Wildman–Crippen MR) is 49.9 cm³/mol. The van der Waals surface area contributed by atoms with E-state index in [9.17, 15) is 8.42 Å². The fraction of sp³-hybridized carbons (Fsp3) is 1.00. The lowest BCUT2D eigenvalue weighted by Crippen LogP contribution is -2.39. The number of hydrogen-bond donors (Lipinski definition) is 1. The Morgan fingerprint density at radius 2 is 2.17 bits per heavy atom. The van der Waals surface area contributed by atoms with Crippen molar-refractivity contribution < 1.29 is 8.42 Å². The van der Waals surface area contributed by atoms with Gasteiger partial charge in [-0.05, 0) is 26.3 Å². The first-order valence-electron chi connectivity index (χ1n) is 4.53. The second-order valence-electron chi connectivity index (χ2n) is 3.39. The van der Waals surface area contributed by atoms with Gasteiger partial charge in [0.2, 0.25) is 0 Å². The summed E-state index contributed by atoms with van der Waals surface area (Å²) >= 11 is 0. The van der Waals surface area contributed by atoms with Crippen molar-refractivity contribution in [1.82, 2.24) is 5.32 Å². The summed E-state index contributed by atoms with van der Waals surface area (Å²) in [4.78, 5) is 0. The molecule has 0 saturated carbocycles. The molecule has 2 unspecified atom stereocenters. The van der Waals surface area contributed by atoms with Gasteiger partial charge in [-0.2, -0.15) is 0 Å². The van der Waals surface area contributed by atoms with E-state index in [2.05, 4.69) is 5.32 Å². The van der Waals surface area contributed by atoms with Crippen LogP contribution in [0.25, 0.3) is 0 Å². The van der Waals surface area contributed by atoms with Crippen LogP contribution in [0.3, 0.4) is 0 Å². The van der Waals surface area contributed by atoms with E-state index in [1.165, 1.54) is 0 Å². The van der Waals surface area contributed by atoms with Crippen LogP contribution in [0.4, 0.5) is 0 Å². The zero-order valence-electron chi connectivity index (χ0n) is 7.71. The molecular formula is C8H17NO2S. The fourth-order valence-corrected chi connectivity index (χ4v) is 3.35. The third kappa shape index (κ3) is 1.98. The molecule has 72 valence electrons. The van der Waals surface area contributed by atoms with Crippen molar-refractivity contribution in [2.45, 2.75) is 38.0 Å². The van der Waals surface area contributed by atoms with E-state index < -0.39 is 9.84 Å². The Balaban J connectivity index is 2.81. The van der Waals surface area contributed by atoms with E-state index in [4.69, 9.17) is 0 Å². The standard InChI is InChI=1S/C8H17NO2S/c1-3-8-7(2)12(10,11)6-4-5-9-8/h7-9H,3-6H2,1-2H3. The van der Waals surface area contributed by atoms with Crippen LogP contribution in [0, 0.1) is 0 Å². The molecule has 1 fully saturated rings. The summed E-state index contributed by atoms with van der Waals surface area (Å²) in [6.45, 7) is 4.67. The molecule has 0 bridgehead atoms. The van der Waals surface area contributed by atoms with Crippen molar-refractivity contribution in [3.8, 4) is 0 Å². The maximum absolute atomic E-state index is 11.5. The predicted octanol–water partition coefficient (Wildman–Crippen LogP) is 0.562. The van der Waals surface area contributed by atoms with Crippen LogP contribution >= 0.6 is 0 Å². The average molecular weight is 191 g/mol. The summed E-state index contributed by atoms with van der Waals surface area (Å²) in [6.07, 6.45) is 1.64. The first kappa shape index (κ1) is 9.99. The van der Waals surface area contributed by atoms with Crippen LogP contribution in [0.15, 0.2) is 0 Å². The maximum Gasteiger partial charge on any atom is 0.154 e. The normalized spacial score (nSPS) is 35.8. The molecule has 4 heteroatoms. The van der Waals surface area contributed by atoms with Crippen LogP contribution in [0.2, 0.25) is 0 Å². The van der Waals surface area contributed by atoms with Crippen LogP contribution in [0.1, 0.15) is 26.7 Å². The Hall–Kier alpha value is -0.0900. The van der Waals surface area contributed by atoms with Gasteiger partial charge in [0, 0.05) is 6.04 Å². The Labute approximate surface area is 74.5 Å². The monoisotopic (exact) mass is 191 g/mol. The zero-order valence-corrected chi connectivity index (χ0v) is 8.52. The van der Waals surface area contributed by atoms with Gasteiger partial charge in [-0.15, -0.1) is 0 Å². The SMILES string of the molecule is CCC1NCCCS(=O)(=O)C1C. The van der Waals surface area contributed by atoms with Gasteiger partial charge in [0.1, 0.15) is 0 Å². The minimum Gasteiger partial charge on any atom is -0.313 e. The van der Waals surface area contributed by atoms with Crippen molar-refractivity contribution in [2.75, 3.05) is 12.3 Å². The molecule has 1 rings (SSSR count). The third-order valence-electron chi connectivity index (χ3n) is 2.59. The summed E-state index contributed by atoms with van der Waals surface area (Å²) < 4.78 is 23.1. The highest BCUT2D eigenvalue weighted by molar-refractivity contribution is 7.92. The second-order valence-corrected chi connectivity index (χ2v) is 5.87. The summed E-state index contributed by atoms with van der Waals surface area (Å²) in [7, 11) is -2.82. The van der Waals surface area contributed by atoms with Gasteiger partial charge in [-0.3, -0.25) is 0 Å². The third-order valence-corrected chi connectivity index (χ3v) is 4.90. The van der Waals surface area contributed by atoms with Crippen LogP contribution < -0.4 is 5.32 Å². The van der Waals surface area contributed by atoms with Crippen LogP contribution in [-0.4, -0.2) is 32.0 Å². The highest BCUT2D eigenvalue weighted by atomic mass is 32.2. The fourth-order valence-electron chi connectivity index (χ4n) is 1.64. The van der Waals surface area contributed by atoms with E-state index in [0.717, 1.165) is 19.4 Å². The lowest BCUT2D eigenvalue weighted by Gasteiger charge is -2.19. The minimum atomic E-state index is -2.82. The number of hydrogen-bond acceptors (Lipinski definition) is 3. The molecule has 1 N–H and O–H groups in total. The largest absolute Gasteiger partial charge is 0.313 e. The van der Waals surface area contributed by atoms with Gasteiger partial charge in [0.15, 0.2) is 9.84 Å². The maximum atomic E-state index is 11.5. The lowest BCUT2D eigenvalue weighted by molar-refractivity contribution is 0.490. The number of rotatable bonds is 1. The van der Waals surface area contributed by atoms with E-state index in [0.29, 0.717) is 5.75 Å². The highest BCUT2D eigenvalue weighted by Crippen LogP contribution is 2.14. The Kier molecular flexibility index (Phi) is 3.12. The Morgan fingerprint density at radius 3 is 2.75 bits per heavy atom. The zero-order chi connectivity index (χ0) is 9.19. The summed E-state index contributed by atoms with van der Waals surface area (Å²) in [5, 5.41) is 3.04. The smallest absolute Gasteiger partial charge is 0.154 e. The molecule has 2 atom stereocenters. The number of nitrogens with one attached hydrogen (secondary N) is 1. The number of sulfone groups is 1. The van der Waals surface area contributed by atoms with Crippen molar-refractivity contribution >= 4 is 9.84 Å². The summed E-state index contributed by atoms with van der Waals surface area (Å²) in [5.41, 5.74) is 0. The van der Waals surface area contributed by atoms with E-state index >= 15 is 0 Å². The second kappa shape index (κ2) is 3.75. The molecule has 0 radical (unpaired) electrons. The quantitative estimate of drug-likeness (QED) is 0.659. The molecule has 1 saturated heterocycles. The summed E-state index contributed by atoms with van der Waals surface area (Å²) in [6, 6.07) is 0.150. The van der Waals surface area contributed by atoms with Crippen molar-refractivity contribution in [3.05, 3.63) is 0 Å². The Bertz CT molecular complexity index is 235. The molecule has 1 heterocycles. The molecular weight excluding hydrogens is 174 g/mol. The first-order valence-corrected chi connectivity index (χ1v) is 6.24. The molecule has 0 aromatic heterocycles. The van der Waals surface area contributed by atoms with E-state index in [1.807, 2.05) is 13.8 Å². The molecule has 0 amide bonds. The van der Waals surface area contributed by atoms with Crippen LogP contribution in [0.5, 0.6) is 0 Å². The topological polar surface area (TPSA) is 46.2 Å². The molecule has 12 heavy (non-hydrogen) atoms. The summed E-state index contributed by atoms with van der Waals surface area (Å²) in [5.74, 6) is 0.345. The minimum absolute atomic E-state index is 0.150. The Morgan fingerprint density at radius 1 is 1.50 bits per heavy atom. The molecule has 3 nitrogen and oxygen atoms in total. The highest BCUT2D eigenvalue weighted by Gasteiger charge is 2.29. The van der Waals surface area contributed by atoms with Gasteiger partial charge >= 0.3 is 0 Å². The molecule has 1 aliphatic rings. The van der Waals surface area contributed by atoms with Gasteiger partial charge in [-0.1, -0.05) is 6.92 Å². The van der Waals surface area contributed by atoms with Crippen LogP contribution in [-0.2, 0) is 9.84 Å². The molecule has 0 aromatic carbocycles.